The van der Waals surface area contributed by atoms with Crippen LogP contribution in [0.3, 0.4) is 0 Å². The van der Waals surface area contributed by atoms with E-state index in [9.17, 15) is 14.7 Å². The number of unbranched alkanes of at least 4 members (excludes halogenated alkanes) is 1. The largest absolute Gasteiger partial charge is 0.478 e. The van der Waals surface area contributed by atoms with Gasteiger partial charge in [-0.05, 0) is 60.9 Å². The average Bonchev–Trinajstić information content (AvgIpc) is 2.92. The number of primary amides is 1. The van der Waals surface area contributed by atoms with Crippen LogP contribution in [0.25, 0.3) is 10.9 Å². The molecular formula is C26H30N2O3. The van der Waals surface area contributed by atoms with Gasteiger partial charge >= 0.3 is 5.97 Å². The van der Waals surface area contributed by atoms with Gasteiger partial charge in [-0.1, -0.05) is 50.5 Å². The molecule has 0 bridgehead atoms. The van der Waals surface area contributed by atoms with Gasteiger partial charge in [0.15, 0.2) is 0 Å². The van der Waals surface area contributed by atoms with Crippen molar-refractivity contribution in [2.45, 2.75) is 64.3 Å². The molecule has 1 unspecified atom stereocenters. The summed E-state index contributed by atoms with van der Waals surface area (Å²) in [7, 11) is 0. The first-order valence-electron chi connectivity index (χ1n) is 11.3. The lowest BCUT2D eigenvalue weighted by Gasteiger charge is -2.21. The molecule has 0 saturated carbocycles. The van der Waals surface area contributed by atoms with Crippen molar-refractivity contribution in [1.29, 1.82) is 0 Å². The molecule has 0 radical (unpaired) electrons. The van der Waals surface area contributed by atoms with Crippen LogP contribution in [0.2, 0.25) is 0 Å². The molecule has 1 aliphatic carbocycles. The van der Waals surface area contributed by atoms with Crippen molar-refractivity contribution in [3.8, 4) is 0 Å². The fourth-order valence-corrected chi connectivity index (χ4v) is 5.13. The zero-order valence-corrected chi connectivity index (χ0v) is 18.1. The monoisotopic (exact) mass is 418 g/mol. The summed E-state index contributed by atoms with van der Waals surface area (Å²) >= 11 is 0. The Labute approximate surface area is 182 Å². The summed E-state index contributed by atoms with van der Waals surface area (Å²) in [5, 5.41) is 11.0. The van der Waals surface area contributed by atoms with E-state index in [-0.39, 0.29) is 0 Å². The highest BCUT2D eigenvalue weighted by atomic mass is 16.4. The van der Waals surface area contributed by atoms with Crippen molar-refractivity contribution in [1.82, 2.24) is 4.57 Å². The molecule has 1 atom stereocenters. The van der Waals surface area contributed by atoms with Crippen LogP contribution in [-0.2, 0) is 13.0 Å². The Morgan fingerprint density at radius 1 is 1.16 bits per heavy atom. The molecule has 162 valence electrons. The second-order valence-electron chi connectivity index (χ2n) is 8.61. The smallest absolute Gasteiger partial charge is 0.337 e. The summed E-state index contributed by atoms with van der Waals surface area (Å²) < 4.78 is 2.22. The number of amides is 1. The topological polar surface area (TPSA) is 85.3 Å². The van der Waals surface area contributed by atoms with Crippen molar-refractivity contribution in [3.05, 3.63) is 70.4 Å². The lowest BCUT2D eigenvalue weighted by Crippen LogP contribution is -2.14. The van der Waals surface area contributed by atoms with E-state index < -0.39 is 11.9 Å². The van der Waals surface area contributed by atoms with Crippen LogP contribution in [0.5, 0.6) is 0 Å². The van der Waals surface area contributed by atoms with Crippen molar-refractivity contribution < 1.29 is 14.7 Å². The zero-order valence-electron chi connectivity index (χ0n) is 18.1. The summed E-state index contributed by atoms with van der Waals surface area (Å²) in [4.78, 5) is 23.8. The molecular weight excluding hydrogens is 388 g/mol. The minimum Gasteiger partial charge on any atom is -0.478 e. The summed E-state index contributed by atoms with van der Waals surface area (Å²) in [6.07, 6.45) is 7.85. The van der Waals surface area contributed by atoms with Gasteiger partial charge in [-0.2, -0.15) is 0 Å². The Balaban J connectivity index is 1.95. The minimum absolute atomic E-state index is 0.339. The maximum Gasteiger partial charge on any atom is 0.337 e. The number of aromatic nitrogens is 1. The quantitative estimate of drug-likeness (QED) is 0.498. The van der Waals surface area contributed by atoms with E-state index >= 15 is 0 Å². The Bertz CT molecular complexity index is 1130. The van der Waals surface area contributed by atoms with Crippen LogP contribution >= 0.6 is 0 Å². The summed E-state index contributed by atoms with van der Waals surface area (Å²) in [5.41, 5.74) is 10.7. The van der Waals surface area contributed by atoms with Gasteiger partial charge in [0.2, 0.25) is 5.91 Å². The molecule has 1 amide bonds. The van der Waals surface area contributed by atoms with Gasteiger partial charge in [0.1, 0.15) is 0 Å². The number of nitrogens with two attached hydrogens (primary N) is 1. The first kappa shape index (κ1) is 21.2. The lowest BCUT2D eigenvalue weighted by molar-refractivity contribution is 0.0698. The van der Waals surface area contributed by atoms with Gasteiger partial charge in [0, 0.05) is 23.2 Å². The highest BCUT2D eigenvalue weighted by molar-refractivity contribution is 6.04. The third-order valence-corrected chi connectivity index (χ3v) is 6.54. The van der Waals surface area contributed by atoms with Gasteiger partial charge in [-0.25, -0.2) is 4.79 Å². The third kappa shape index (κ3) is 4.09. The van der Waals surface area contributed by atoms with Gasteiger partial charge in [0.25, 0.3) is 0 Å². The Morgan fingerprint density at radius 3 is 2.71 bits per heavy atom. The molecule has 3 aromatic rings. The minimum atomic E-state index is -0.907. The van der Waals surface area contributed by atoms with Crippen molar-refractivity contribution in [2.24, 2.45) is 5.73 Å². The SMILES string of the molecule is CCCCC1CCCCc2c1n(Cc1cccc(C(N)=O)c1)c1c(C(=O)O)cccc21. The van der Waals surface area contributed by atoms with Crippen molar-refractivity contribution in [2.75, 3.05) is 0 Å². The number of fused-ring (bicyclic) bond motifs is 3. The normalized spacial score (nSPS) is 16.1. The van der Waals surface area contributed by atoms with E-state index in [0.29, 0.717) is 23.6 Å². The molecule has 5 heteroatoms. The Morgan fingerprint density at radius 2 is 1.97 bits per heavy atom. The van der Waals surface area contributed by atoms with Gasteiger partial charge < -0.3 is 15.4 Å². The summed E-state index contributed by atoms with van der Waals surface area (Å²) in [6.45, 7) is 2.74. The first-order chi connectivity index (χ1) is 15.0. The number of aromatic carboxylic acids is 1. The fourth-order valence-electron chi connectivity index (χ4n) is 5.13. The number of rotatable bonds is 7. The second-order valence-corrected chi connectivity index (χ2v) is 8.61. The molecule has 5 nitrogen and oxygen atoms in total. The molecule has 1 aliphatic rings. The van der Waals surface area contributed by atoms with Gasteiger partial charge in [-0.15, -0.1) is 0 Å². The maximum atomic E-state index is 12.1. The van der Waals surface area contributed by atoms with Crippen LogP contribution in [0.15, 0.2) is 42.5 Å². The molecule has 31 heavy (non-hydrogen) atoms. The molecule has 1 aromatic heterocycles. The number of benzene rings is 2. The van der Waals surface area contributed by atoms with E-state index in [1.54, 1.807) is 12.1 Å². The van der Waals surface area contributed by atoms with Crippen molar-refractivity contribution >= 4 is 22.8 Å². The van der Waals surface area contributed by atoms with E-state index in [2.05, 4.69) is 17.6 Å². The Hall–Kier alpha value is -3.08. The molecule has 3 N–H and O–H groups in total. The van der Waals surface area contributed by atoms with E-state index in [1.165, 1.54) is 17.7 Å². The molecule has 0 spiro atoms. The van der Waals surface area contributed by atoms with Gasteiger partial charge in [-0.3, -0.25) is 4.79 Å². The number of carbonyl (C=O) groups is 2. The lowest BCUT2D eigenvalue weighted by atomic mass is 9.92. The zero-order chi connectivity index (χ0) is 22.0. The standard InChI is InChI=1S/C26H30N2O3/c1-2-3-9-18-10-4-5-12-20-21-13-7-14-22(26(30)31)24(21)28(23(18)20)16-17-8-6-11-19(15-17)25(27)29/h6-8,11,13-15,18H,2-5,9-10,12,16H2,1H3,(H2,27,29)(H,30,31). The molecule has 0 saturated heterocycles. The number of carboxylic acid groups (broad SMARTS) is 1. The number of carboxylic acids is 1. The molecule has 1 heterocycles. The molecule has 4 rings (SSSR count). The average molecular weight is 419 g/mol. The number of hydrogen-bond donors (Lipinski definition) is 2. The van der Waals surface area contributed by atoms with Crippen LogP contribution in [0.1, 0.15) is 88.9 Å². The molecule has 0 aliphatic heterocycles. The number of nitrogens with zero attached hydrogens (tertiary/aromatic N) is 1. The first-order valence-corrected chi connectivity index (χ1v) is 11.3. The van der Waals surface area contributed by atoms with Crippen LogP contribution in [0.4, 0.5) is 0 Å². The highest BCUT2D eigenvalue weighted by Gasteiger charge is 2.28. The summed E-state index contributed by atoms with van der Waals surface area (Å²) in [6, 6.07) is 13.0. The van der Waals surface area contributed by atoms with Crippen molar-refractivity contribution in [3.63, 3.8) is 0 Å². The van der Waals surface area contributed by atoms with E-state index in [0.717, 1.165) is 55.0 Å². The number of hydrogen-bond acceptors (Lipinski definition) is 2. The molecule has 2 aromatic carbocycles. The number of aryl methyl sites for hydroxylation is 1. The third-order valence-electron chi connectivity index (χ3n) is 6.54. The predicted octanol–water partition coefficient (Wildman–Crippen LogP) is 5.49. The van der Waals surface area contributed by atoms with E-state index in [4.69, 9.17) is 5.73 Å². The van der Waals surface area contributed by atoms with Crippen LogP contribution in [0, 0.1) is 0 Å². The van der Waals surface area contributed by atoms with E-state index in [1.807, 2.05) is 24.3 Å². The van der Waals surface area contributed by atoms with Crippen LogP contribution in [-0.4, -0.2) is 21.6 Å². The predicted molar refractivity (Wildman–Crippen MR) is 123 cm³/mol. The highest BCUT2D eigenvalue weighted by Crippen LogP contribution is 2.41. The Kier molecular flexibility index (Phi) is 6.12. The fraction of sp³-hybridized carbons (Fsp3) is 0.385. The maximum absolute atomic E-state index is 12.1. The van der Waals surface area contributed by atoms with Gasteiger partial charge in [0.05, 0.1) is 11.1 Å². The van der Waals surface area contributed by atoms with Crippen LogP contribution < -0.4 is 5.73 Å². The second kappa shape index (κ2) is 8.96. The summed E-state index contributed by atoms with van der Waals surface area (Å²) in [5.74, 6) is -0.939. The molecule has 0 fully saturated rings. The number of para-hydroxylation sites is 1. The number of carbonyl (C=O) groups excluding carboxylic acids is 1.